The van der Waals surface area contributed by atoms with Crippen molar-refractivity contribution in [1.82, 2.24) is 4.90 Å². The maximum Gasteiger partial charge on any atom is 0.673 e. The first-order valence-corrected chi connectivity index (χ1v) is 6.59. The van der Waals surface area contributed by atoms with Crippen molar-refractivity contribution < 1.29 is 30.2 Å². The van der Waals surface area contributed by atoms with E-state index >= 15 is 0 Å². The van der Waals surface area contributed by atoms with Gasteiger partial charge < -0.3 is 22.2 Å². The van der Waals surface area contributed by atoms with Crippen LogP contribution >= 0.6 is 0 Å². The minimum Gasteiger partial charge on any atom is -0.418 e. The second-order valence-corrected chi connectivity index (χ2v) is 4.97. The van der Waals surface area contributed by atoms with E-state index in [1.165, 1.54) is 0 Å². The van der Waals surface area contributed by atoms with Gasteiger partial charge in [0.2, 0.25) is 0 Å². The van der Waals surface area contributed by atoms with Crippen LogP contribution in [0.4, 0.5) is 17.3 Å². The highest BCUT2D eigenvalue weighted by molar-refractivity contribution is 7.85. The first kappa shape index (κ1) is 17.0. The molecule has 0 bridgehead atoms. The first-order chi connectivity index (χ1) is 8.08. The van der Waals surface area contributed by atoms with Gasteiger partial charge in [-0.2, -0.15) is 8.42 Å². The smallest absolute Gasteiger partial charge is 0.418 e. The molecule has 1 heterocycles. The highest BCUT2D eigenvalue weighted by Crippen LogP contribution is 2.06. The molecule has 1 aliphatic heterocycles. The normalized spacial score (nSPS) is 15.3. The Kier molecular flexibility index (Phi) is 7.00. The Morgan fingerprint density at radius 1 is 1.22 bits per heavy atom. The number of allylic oxidation sites excluding steroid dienone is 2. The molecule has 0 aliphatic carbocycles. The Hall–Kier alpha value is -1.03. The Morgan fingerprint density at radius 2 is 1.78 bits per heavy atom. The maximum atomic E-state index is 10.4. The van der Waals surface area contributed by atoms with Gasteiger partial charge in [0.05, 0.1) is 5.75 Å². The minimum atomic E-state index is -6.00. The summed E-state index contributed by atoms with van der Waals surface area (Å²) in [5.74, 6) is -0.166. The van der Waals surface area contributed by atoms with Crippen LogP contribution in [0, 0.1) is 0 Å². The van der Waals surface area contributed by atoms with Crippen molar-refractivity contribution >= 4 is 17.4 Å². The minimum absolute atomic E-state index is 0.166. The molecule has 0 fully saturated rings. The Bertz CT molecular complexity index is 388. The van der Waals surface area contributed by atoms with Crippen molar-refractivity contribution in [2.24, 2.45) is 0 Å². The summed E-state index contributed by atoms with van der Waals surface area (Å²) in [5, 5.41) is 0. The Balaban J connectivity index is 0.000000494. The molecule has 0 aromatic carbocycles. The van der Waals surface area contributed by atoms with E-state index in [9.17, 15) is 25.7 Å². The molecule has 106 valence electrons. The quantitative estimate of drug-likeness (QED) is 0.488. The zero-order valence-corrected chi connectivity index (χ0v) is 10.2. The van der Waals surface area contributed by atoms with E-state index in [2.05, 4.69) is 0 Å². The van der Waals surface area contributed by atoms with Crippen molar-refractivity contribution in [2.45, 2.75) is 6.42 Å². The van der Waals surface area contributed by atoms with Crippen LogP contribution in [-0.4, -0.2) is 44.0 Å². The molecule has 0 amide bonds. The first-order valence-electron chi connectivity index (χ1n) is 4.98. The highest BCUT2D eigenvalue weighted by Gasteiger charge is 2.20. The zero-order valence-electron chi connectivity index (χ0n) is 9.35. The fourth-order valence-corrected chi connectivity index (χ4v) is 1.62. The molecule has 0 aromatic rings. The highest BCUT2D eigenvalue weighted by atomic mass is 32.2. The number of hydrogen-bond donors (Lipinski definition) is 1. The van der Waals surface area contributed by atoms with E-state index in [1.54, 1.807) is 0 Å². The van der Waals surface area contributed by atoms with Gasteiger partial charge in [-0.3, -0.25) is 4.55 Å². The monoisotopic (exact) mass is 290 g/mol. The third kappa shape index (κ3) is 15.0. The van der Waals surface area contributed by atoms with Crippen LogP contribution in [0.15, 0.2) is 24.4 Å². The van der Waals surface area contributed by atoms with Gasteiger partial charge in [0, 0.05) is 13.1 Å². The predicted molar refractivity (Wildman–Crippen MR) is 61.1 cm³/mol. The van der Waals surface area contributed by atoms with Crippen LogP contribution in [-0.2, 0) is 10.1 Å². The van der Waals surface area contributed by atoms with E-state index in [0.29, 0.717) is 13.0 Å². The molecule has 10 heteroatoms. The summed E-state index contributed by atoms with van der Waals surface area (Å²) in [7, 11) is -9.79. The van der Waals surface area contributed by atoms with Crippen molar-refractivity contribution in [3.63, 3.8) is 0 Å². The summed E-state index contributed by atoms with van der Waals surface area (Å²) in [5.41, 5.74) is 0. The Labute approximate surface area is 103 Å². The van der Waals surface area contributed by atoms with Crippen LogP contribution in [0.1, 0.15) is 6.42 Å². The summed E-state index contributed by atoms with van der Waals surface area (Å²) in [4.78, 5) is 1.99. The van der Waals surface area contributed by atoms with Crippen molar-refractivity contribution in [2.75, 3.05) is 18.8 Å². The lowest BCUT2D eigenvalue weighted by atomic mass is 10.3. The molecule has 0 radical (unpaired) electrons. The van der Waals surface area contributed by atoms with Crippen molar-refractivity contribution in [3.05, 3.63) is 24.4 Å². The number of nitrogens with zero attached hydrogens (tertiary/aromatic N) is 1. The van der Waals surface area contributed by atoms with E-state index in [4.69, 9.17) is 4.55 Å². The van der Waals surface area contributed by atoms with E-state index in [-0.39, 0.29) is 5.75 Å². The zero-order chi connectivity index (χ0) is 14.2. The molecule has 0 saturated heterocycles. The molecular formula is C8H13BF4NO3S-. The number of hydrogen-bond acceptors (Lipinski definition) is 3. The van der Waals surface area contributed by atoms with Gasteiger partial charge in [0.15, 0.2) is 0 Å². The lowest BCUT2D eigenvalue weighted by Crippen LogP contribution is -2.22. The van der Waals surface area contributed by atoms with Crippen LogP contribution in [0.2, 0.25) is 0 Å². The van der Waals surface area contributed by atoms with Crippen LogP contribution in [0.5, 0.6) is 0 Å². The molecule has 0 atom stereocenters. The van der Waals surface area contributed by atoms with Crippen molar-refractivity contribution in [3.8, 4) is 0 Å². The molecule has 0 aromatic heterocycles. The van der Waals surface area contributed by atoms with Gasteiger partial charge in [-0.25, -0.2) is 0 Å². The fourth-order valence-electron chi connectivity index (χ4n) is 1.12. The second-order valence-electron chi connectivity index (χ2n) is 3.40. The lowest BCUT2D eigenvalue weighted by Gasteiger charge is -2.19. The number of halogens is 4. The molecule has 4 nitrogen and oxygen atoms in total. The number of rotatable bonds is 4. The molecule has 1 N–H and O–H groups in total. The summed E-state index contributed by atoms with van der Waals surface area (Å²) < 4.78 is 68.2. The summed E-state index contributed by atoms with van der Waals surface area (Å²) in [6.45, 7) is 1.46. The second kappa shape index (κ2) is 7.42. The predicted octanol–water partition coefficient (Wildman–Crippen LogP) is 1.95. The molecule has 0 spiro atoms. The van der Waals surface area contributed by atoms with E-state index in [1.807, 2.05) is 29.3 Å². The standard InChI is InChI=1S/C8H13NO3S.BF4/c10-13(11,12)8-4-7-9-5-2-1-3-6-9;2-1(3,4)5/h1-3,5H,4,6-8H2,(H,10,11,12);/q;-1. The van der Waals surface area contributed by atoms with Gasteiger partial charge in [-0.15, -0.1) is 0 Å². The Morgan fingerprint density at radius 3 is 2.17 bits per heavy atom. The SMILES string of the molecule is F[B-](F)(F)F.O=S(=O)(O)CCCN1C=CC=CC1. The topological polar surface area (TPSA) is 57.6 Å². The van der Waals surface area contributed by atoms with Gasteiger partial charge in [0.25, 0.3) is 10.1 Å². The van der Waals surface area contributed by atoms with Gasteiger partial charge in [-0.05, 0) is 18.7 Å². The summed E-state index contributed by atoms with van der Waals surface area (Å²) in [6.07, 6.45) is 8.20. The molecule has 0 unspecified atom stereocenters. The maximum absolute atomic E-state index is 10.4. The third-order valence-electron chi connectivity index (χ3n) is 1.73. The van der Waals surface area contributed by atoms with Crippen LogP contribution < -0.4 is 0 Å². The van der Waals surface area contributed by atoms with Gasteiger partial charge >= 0.3 is 7.25 Å². The van der Waals surface area contributed by atoms with E-state index < -0.39 is 17.4 Å². The summed E-state index contributed by atoms with van der Waals surface area (Å²) in [6, 6.07) is 0. The van der Waals surface area contributed by atoms with Crippen LogP contribution in [0.25, 0.3) is 0 Å². The molecule has 1 rings (SSSR count). The fraction of sp³-hybridized carbons (Fsp3) is 0.500. The third-order valence-corrected chi connectivity index (χ3v) is 2.54. The molecule has 0 saturated carbocycles. The van der Waals surface area contributed by atoms with Crippen LogP contribution in [0.3, 0.4) is 0 Å². The van der Waals surface area contributed by atoms with E-state index in [0.717, 1.165) is 6.54 Å². The molecular weight excluding hydrogens is 277 g/mol. The van der Waals surface area contributed by atoms with Gasteiger partial charge in [0.1, 0.15) is 0 Å². The largest absolute Gasteiger partial charge is 0.673 e. The van der Waals surface area contributed by atoms with Crippen molar-refractivity contribution in [1.29, 1.82) is 0 Å². The average Bonchev–Trinajstić information content (AvgIpc) is 2.14. The molecule has 18 heavy (non-hydrogen) atoms. The summed E-state index contributed by atoms with van der Waals surface area (Å²) >= 11 is 0. The molecule has 1 aliphatic rings. The van der Waals surface area contributed by atoms with Gasteiger partial charge in [-0.1, -0.05) is 12.2 Å². The average molecular weight is 290 g/mol. The lowest BCUT2D eigenvalue weighted by molar-refractivity contribution is 0.368.